The van der Waals surface area contributed by atoms with Gasteiger partial charge in [-0.3, -0.25) is 9.69 Å². The van der Waals surface area contributed by atoms with Crippen molar-refractivity contribution in [3.63, 3.8) is 0 Å². The van der Waals surface area contributed by atoms with Gasteiger partial charge in [0, 0.05) is 29.9 Å². The maximum Gasteiger partial charge on any atom is 0.261 e. The second-order valence-electron chi connectivity index (χ2n) is 8.22. The summed E-state index contributed by atoms with van der Waals surface area (Å²) in [5.74, 6) is 0.827. The average Bonchev–Trinajstić information content (AvgIpc) is 2.85. The van der Waals surface area contributed by atoms with Gasteiger partial charge in [-0.05, 0) is 54.8 Å². The molecule has 2 aromatic rings. The quantitative estimate of drug-likeness (QED) is 0.547. The summed E-state index contributed by atoms with van der Waals surface area (Å²) in [6.45, 7) is 0. The highest BCUT2D eigenvalue weighted by atomic mass is 79.9. The maximum atomic E-state index is 13.6. The molecule has 6 heteroatoms. The van der Waals surface area contributed by atoms with Gasteiger partial charge in [0.05, 0.1) is 0 Å². The number of rotatable bonds is 0. The SMILES string of the molecule is CSC1=NC2(CC3(CCCc4ccccc4C3)Oc3ccc(Br)cc32)C(=O)N1C. The van der Waals surface area contributed by atoms with Crippen LogP contribution in [0.25, 0.3) is 0 Å². The minimum atomic E-state index is -0.913. The highest BCUT2D eigenvalue weighted by molar-refractivity contribution is 9.10. The Balaban J connectivity index is 1.68. The molecule has 4 nitrogen and oxygen atoms in total. The number of benzene rings is 2. The number of fused-ring (bicyclic) bond motifs is 3. The molecule has 0 saturated heterocycles. The van der Waals surface area contributed by atoms with Crippen molar-refractivity contribution >= 4 is 38.8 Å². The first-order chi connectivity index (χ1) is 14.0. The van der Waals surface area contributed by atoms with E-state index in [1.807, 2.05) is 31.5 Å². The summed E-state index contributed by atoms with van der Waals surface area (Å²) in [5.41, 5.74) is 2.25. The number of carbonyl (C=O) groups is 1. The van der Waals surface area contributed by atoms with Crippen LogP contribution < -0.4 is 4.74 Å². The molecule has 150 valence electrons. The molecule has 0 radical (unpaired) electrons. The van der Waals surface area contributed by atoms with Gasteiger partial charge in [0.25, 0.3) is 5.91 Å². The standard InChI is InChI=1S/C23H23BrN2O2S/c1-26-20(27)23(25-21(26)29-2)14-22(28-19-10-9-17(24)12-18(19)23)11-5-8-15-6-3-4-7-16(15)13-22/h3-4,6-7,9-10,12H,5,8,11,13-14H2,1-2H3. The molecule has 2 aliphatic heterocycles. The Kier molecular flexibility index (Phi) is 4.55. The van der Waals surface area contributed by atoms with Crippen LogP contribution in [0.15, 0.2) is 51.9 Å². The molecule has 2 unspecified atom stereocenters. The van der Waals surface area contributed by atoms with Crippen molar-refractivity contribution in [1.82, 2.24) is 4.90 Å². The van der Waals surface area contributed by atoms with Crippen LogP contribution in [0.3, 0.4) is 0 Å². The maximum absolute atomic E-state index is 13.6. The number of carbonyl (C=O) groups excluding carboxylic acids is 1. The van der Waals surface area contributed by atoms with Crippen LogP contribution in [-0.4, -0.2) is 34.9 Å². The molecule has 2 aromatic carbocycles. The number of nitrogens with zero attached hydrogens (tertiary/aromatic N) is 2. The summed E-state index contributed by atoms with van der Waals surface area (Å²) < 4.78 is 7.66. The number of thioether (sulfide) groups is 1. The van der Waals surface area contributed by atoms with Crippen molar-refractivity contribution in [1.29, 1.82) is 0 Å². The molecule has 1 aliphatic carbocycles. The summed E-state index contributed by atoms with van der Waals surface area (Å²) >= 11 is 5.10. The highest BCUT2D eigenvalue weighted by Crippen LogP contribution is 2.53. The van der Waals surface area contributed by atoms with Gasteiger partial charge in [0.2, 0.25) is 0 Å². The molecule has 2 heterocycles. The van der Waals surface area contributed by atoms with E-state index in [2.05, 4.69) is 40.2 Å². The number of halogens is 1. The van der Waals surface area contributed by atoms with Crippen molar-refractivity contribution in [2.75, 3.05) is 13.3 Å². The fraction of sp³-hybridized carbons (Fsp3) is 0.391. The van der Waals surface area contributed by atoms with E-state index in [4.69, 9.17) is 9.73 Å². The lowest BCUT2D eigenvalue weighted by molar-refractivity contribution is -0.134. The van der Waals surface area contributed by atoms with E-state index in [1.165, 1.54) is 22.9 Å². The molecule has 0 saturated carbocycles. The molecule has 0 bridgehead atoms. The van der Waals surface area contributed by atoms with E-state index < -0.39 is 11.1 Å². The monoisotopic (exact) mass is 470 g/mol. The second-order valence-corrected chi connectivity index (χ2v) is 9.91. The van der Waals surface area contributed by atoms with Crippen LogP contribution in [0.5, 0.6) is 5.75 Å². The predicted octanol–water partition coefficient (Wildman–Crippen LogP) is 4.94. The lowest BCUT2D eigenvalue weighted by atomic mass is 9.73. The Morgan fingerprint density at radius 2 is 2.00 bits per heavy atom. The molecule has 2 atom stereocenters. The van der Waals surface area contributed by atoms with Crippen LogP contribution in [-0.2, 0) is 23.2 Å². The van der Waals surface area contributed by atoms with Crippen molar-refractivity contribution in [3.05, 3.63) is 63.6 Å². The summed E-state index contributed by atoms with van der Waals surface area (Å²) in [6.07, 6.45) is 6.36. The third kappa shape index (κ3) is 2.95. The van der Waals surface area contributed by atoms with Gasteiger partial charge < -0.3 is 4.74 Å². The molecular formula is C23H23BrN2O2S. The summed E-state index contributed by atoms with van der Waals surface area (Å²) in [5, 5.41) is 0.770. The van der Waals surface area contributed by atoms with Gasteiger partial charge in [-0.15, -0.1) is 0 Å². The van der Waals surface area contributed by atoms with E-state index in [0.29, 0.717) is 6.42 Å². The lowest BCUT2D eigenvalue weighted by Gasteiger charge is -2.45. The molecule has 29 heavy (non-hydrogen) atoms. The Morgan fingerprint density at radius 1 is 1.21 bits per heavy atom. The Hall–Kier alpha value is -1.79. The molecule has 0 aromatic heterocycles. The highest BCUT2D eigenvalue weighted by Gasteiger charge is 2.58. The molecule has 0 fully saturated rings. The van der Waals surface area contributed by atoms with Crippen molar-refractivity contribution < 1.29 is 9.53 Å². The number of amidine groups is 1. The number of hydrogen-bond donors (Lipinski definition) is 0. The van der Waals surface area contributed by atoms with E-state index in [0.717, 1.165) is 46.6 Å². The number of hydrogen-bond acceptors (Lipinski definition) is 4. The van der Waals surface area contributed by atoms with E-state index >= 15 is 0 Å². The number of likely N-dealkylation sites (N-methyl/N-ethyl adjacent to an activating group) is 1. The van der Waals surface area contributed by atoms with Gasteiger partial charge in [0.15, 0.2) is 10.7 Å². The zero-order valence-electron chi connectivity index (χ0n) is 16.6. The van der Waals surface area contributed by atoms with Gasteiger partial charge in [-0.25, -0.2) is 4.99 Å². The summed E-state index contributed by atoms with van der Waals surface area (Å²) in [6, 6.07) is 14.6. The first-order valence-corrected chi connectivity index (χ1v) is 12.0. The fourth-order valence-corrected chi connectivity index (χ4v) is 6.08. The van der Waals surface area contributed by atoms with E-state index in [1.54, 1.807) is 4.90 Å². The van der Waals surface area contributed by atoms with Crippen LogP contribution in [0.2, 0.25) is 0 Å². The fourth-order valence-electron chi connectivity index (χ4n) is 5.12. The Morgan fingerprint density at radius 3 is 2.76 bits per heavy atom. The third-order valence-electron chi connectivity index (χ3n) is 6.42. The van der Waals surface area contributed by atoms with Gasteiger partial charge >= 0.3 is 0 Å². The van der Waals surface area contributed by atoms with Crippen molar-refractivity contribution in [2.24, 2.45) is 4.99 Å². The first-order valence-electron chi connectivity index (χ1n) is 9.94. The first kappa shape index (κ1) is 19.2. The molecule has 2 spiro atoms. The largest absolute Gasteiger partial charge is 0.486 e. The van der Waals surface area contributed by atoms with E-state index in [-0.39, 0.29) is 5.91 Å². The third-order valence-corrected chi connectivity index (χ3v) is 7.64. The molecule has 5 rings (SSSR count). The van der Waals surface area contributed by atoms with Crippen molar-refractivity contribution in [2.45, 2.75) is 43.2 Å². The zero-order valence-corrected chi connectivity index (χ0v) is 19.0. The Bertz CT molecular complexity index is 1040. The lowest BCUT2D eigenvalue weighted by Crippen LogP contribution is -2.52. The summed E-state index contributed by atoms with van der Waals surface area (Å²) in [4.78, 5) is 20.4. The van der Waals surface area contributed by atoms with Gasteiger partial charge in [-0.2, -0.15) is 0 Å². The smallest absolute Gasteiger partial charge is 0.261 e. The van der Waals surface area contributed by atoms with Crippen LogP contribution in [0.1, 0.15) is 36.0 Å². The number of aliphatic imine (C=N–C) groups is 1. The minimum Gasteiger partial charge on any atom is -0.486 e. The summed E-state index contributed by atoms with van der Waals surface area (Å²) in [7, 11) is 1.83. The number of aryl methyl sites for hydroxylation is 1. The van der Waals surface area contributed by atoms with Crippen LogP contribution >= 0.6 is 27.7 Å². The second kappa shape index (κ2) is 6.88. The number of ether oxygens (including phenoxy) is 1. The zero-order chi connectivity index (χ0) is 20.2. The van der Waals surface area contributed by atoms with Crippen LogP contribution in [0, 0.1) is 0 Å². The van der Waals surface area contributed by atoms with Gasteiger partial charge in [-0.1, -0.05) is 52.0 Å². The molecular weight excluding hydrogens is 448 g/mol. The molecule has 0 N–H and O–H groups in total. The van der Waals surface area contributed by atoms with Gasteiger partial charge in [0.1, 0.15) is 11.4 Å². The molecule has 3 aliphatic rings. The Labute approximate surface area is 183 Å². The molecule has 1 amide bonds. The number of amides is 1. The average molecular weight is 471 g/mol. The predicted molar refractivity (Wildman–Crippen MR) is 121 cm³/mol. The minimum absolute atomic E-state index is 0.0430. The normalized spacial score (nSPS) is 28.0. The van der Waals surface area contributed by atoms with E-state index in [9.17, 15) is 4.79 Å². The topological polar surface area (TPSA) is 41.9 Å². The van der Waals surface area contributed by atoms with Crippen molar-refractivity contribution in [3.8, 4) is 5.75 Å². The van der Waals surface area contributed by atoms with Crippen LogP contribution in [0.4, 0.5) is 0 Å².